The monoisotopic (exact) mass is 260 g/mol. The number of unbranched alkanes of at least 4 members (excludes halogenated alkanes) is 2. The van der Waals surface area contributed by atoms with Crippen LogP contribution in [-0.2, 0) is 10.0 Å². The molecule has 1 unspecified atom stereocenters. The Morgan fingerprint density at radius 1 is 1.18 bits per heavy atom. The molecule has 0 aliphatic heterocycles. The van der Waals surface area contributed by atoms with Gasteiger partial charge in [0.15, 0.2) is 0 Å². The summed E-state index contributed by atoms with van der Waals surface area (Å²) in [6.45, 7) is 4.33. The van der Waals surface area contributed by atoms with E-state index in [-0.39, 0.29) is 18.2 Å². The van der Waals surface area contributed by atoms with Crippen LogP contribution in [0.4, 0.5) is 0 Å². The summed E-state index contributed by atoms with van der Waals surface area (Å²) in [5, 5.41) is 8.10. The molecule has 0 fully saturated rings. The van der Waals surface area contributed by atoms with E-state index >= 15 is 0 Å². The third kappa shape index (κ3) is 7.35. The van der Waals surface area contributed by atoms with Crippen molar-refractivity contribution in [2.45, 2.75) is 64.0 Å². The van der Waals surface area contributed by atoms with Crippen LogP contribution in [-0.4, -0.2) is 20.2 Å². The van der Waals surface area contributed by atoms with Crippen LogP contribution >= 0.6 is 0 Å². The van der Waals surface area contributed by atoms with Crippen LogP contribution in [0.2, 0.25) is 0 Å². The molecule has 0 bridgehead atoms. The maximum absolute atomic E-state index is 12.0. The Kier molecular flexibility index (Phi) is 9.10. The minimum Gasteiger partial charge on any atom is -0.214 e. The molecule has 100 valence electrons. The molecule has 0 aliphatic carbocycles. The molecule has 0 heterocycles. The van der Waals surface area contributed by atoms with E-state index in [9.17, 15) is 8.42 Å². The second kappa shape index (κ2) is 9.43. The Bertz CT molecular complexity index is 320. The fourth-order valence-electron chi connectivity index (χ4n) is 1.77. The smallest absolute Gasteiger partial charge is 0.214 e. The summed E-state index contributed by atoms with van der Waals surface area (Å²) < 4.78 is 26.5. The van der Waals surface area contributed by atoms with Gasteiger partial charge in [0.1, 0.15) is 0 Å². The molecule has 5 heteroatoms. The maximum atomic E-state index is 12.0. The van der Waals surface area contributed by atoms with Gasteiger partial charge in [-0.25, -0.2) is 13.1 Å². The second-order valence-electron chi connectivity index (χ2n) is 4.25. The Hall–Kier alpha value is -0.600. The summed E-state index contributed by atoms with van der Waals surface area (Å²) in [4.78, 5) is 0. The first kappa shape index (κ1) is 16.4. The highest BCUT2D eigenvalue weighted by atomic mass is 32.2. The topological polar surface area (TPSA) is 70.0 Å². The zero-order valence-electron chi connectivity index (χ0n) is 10.9. The molecule has 0 amide bonds. The van der Waals surface area contributed by atoms with Gasteiger partial charge >= 0.3 is 0 Å². The lowest BCUT2D eigenvalue weighted by molar-refractivity contribution is 0.531. The fraction of sp³-hybridized carbons (Fsp3) is 0.917. The number of nitriles is 1. The molecule has 1 atom stereocenters. The van der Waals surface area contributed by atoms with Gasteiger partial charge in [-0.15, -0.1) is 0 Å². The van der Waals surface area contributed by atoms with Gasteiger partial charge in [0.2, 0.25) is 10.0 Å². The van der Waals surface area contributed by atoms with Crippen molar-refractivity contribution in [3.63, 3.8) is 0 Å². The van der Waals surface area contributed by atoms with Gasteiger partial charge in [-0.3, -0.25) is 0 Å². The average Bonchev–Trinajstić information content (AvgIpc) is 2.28. The largest absolute Gasteiger partial charge is 0.214 e. The van der Waals surface area contributed by atoms with E-state index in [1.807, 2.05) is 13.0 Å². The van der Waals surface area contributed by atoms with Gasteiger partial charge in [0, 0.05) is 13.0 Å². The molecule has 0 aliphatic rings. The van der Waals surface area contributed by atoms with Crippen molar-refractivity contribution in [3.8, 4) is 6.07 Å². The van der Waals surface area contributed by atoms with Crippen molar-refractivity contribution >= 4 is 10.0 Å². The Morgan fingerprint density at radius 2 is 1.88 bits per heavy atom. The van der Waals surface area contributed by atoms with Crippen LogP contribution < -0.4 is 4.72 Å². The molecule has 0 aromatic carbocycles. The predicted octanol–water partition coefficient (Wildman–Crippen LogP) is 2.57. The van der Waals surface area contributed by atoms with Crippen molar-refractivity contribution in [3.05, 3.63) is 0 Å². The van der Waals surface area contributed by atoms with Crippen LogP contribution in [0.15, 0.2) is 0 Å². The highest BCUT2D eigenvalue weighted by Crippen LogP contribution is 2.15. The third-order valence-electron chi connectivity index (χ3n) is 2.72. The van der Waals surface area contributed by atoms with Gasteiger partial charge in [0.05, 0.1) is 11.3 Å². The average molecular weight is 260 g/mol. The second-order valence-corrected chi connectivity index (χ2v) is 6.30. The molecule has 17 heavy (non-hydrogen) atoms. The first-order chi connectivity index (χ1) is 8.08. The van der Waals surface area contributed by atoms with Crippen LogP contribution in [0.1, 0.15) is 58.8 Å². The Labute approximate surface area is 105 Å². The molecule has 0 spiro atoms. The SMILES string of the molecule is CCCCCC(CCC)S(=O)(=O)NCCC#N. The van der Waals surface area contributed by atoms with E-state index in [0.717, 1.165) is 32.1 Å². The number of sulfonamides is 1. The van der Waals surface area contributed by atoms with Crippen LogP contribution in [0, 0.1) is 11.3 Å². The van der Waals surface area contributed by atoms with Crippen LogP contribution in [0.3, 0.4) is 0 Å². The molecule has 0 aromatic heterocycles. The Balaban J connectivity index is 4.29. The zero-order valence-corrected chi connectivity index (χ0v) is 11.7. The normalized spacial score (nSPS) is 13.2. The summed E-state index contributed by atoms with van der Waals surface area (Å²) in [5.41, 5.74) is 0. The van der Waals surface area contributed by atoms with Gasteiger partial charge in [0.25, 0.3) is 0 Å². The van der Waals surface area contributed by atoms with E-state index in [0.29, 0.717) is 6.42 Å². The van der Waals surface area contributed by atoms with Crippen molar-refractivity contribution < 1.29 is 8.42 Å². The van der Waals surface area contributed by atoms with E-state index in [2.05, 4.69) is 11.6 Å². The summed E-state index contributed by atoms with van der Waals surface area (Å²) in [6.07, 6.45) is 5.66. The van der Waals surface area contributed by atoms with Crippen molar-refractivity contribution in [2.75, 3.05) is 6.54 Å². The molecule has 0 aromatic rings. The summed E-state index contributed by atoms with van der Waals surface area (Å²) >= 11 is 0. The Morgan fingerprint density at radius 3 is 2.41 bits per heavy atom. The van der Waals surface area contributed by atoms with E-state index < -0.39 is 10.0 Å². The van der Waals surface area contributed by atoms with Gasteiger partial charge in [-0.05, 0) is 12.8 Å². The van der Waals surface area contributed by atoms with Crippen LogP contribution in [0.25, 0.3) is 0 Å². The van der Waals surface area contributed by atoms with Gasteiger partial charge in [-0.2, -0.15) is 5.26 Å². The number of nitrogens with one attached hydrogen (secondary N) is 1. The quantitative estimate of drug-likeness (QED) is 0.614. The first-order valence-corrected chi connectivity index (χ1v) is 7.98. The molecule has 0 radical (unpaired) electrons. The molecule has 0 saturated carbocycles. The number of hydrogen-bond donors (Lipinski definition) is 1. The standard InChI is InChI=1S/C12H24N2O2S/c1-3-5-6-9-12(8-4-2)17(15,16)14-11-7-10-13/h12,14H,3-9,11H2,1-2H3. The van der Waals surface area contributed by atoms with E-state index in [1.54, 1.807) is 0 Å². The zero-order chi connectivity index (χ0) is 13.1. The third-order valence-corrected chi connectivity index (χ3v) is 4.67. The molecular weight excluding hydrogens is 236 g/mol. The van der Waals surface area contributed by atoms with Crippen molar-refractivity contribution in [1.82, 2.24) is 4.72 Å². The number of nitrogens with zero attached hydrogens (tertiary/aromatic N) is 1. The summed E-state index contributed by atoms with van der Waals surface area (Å²) in [5.74, 6) is 0. The first-order valence-electron chi connectivity index (χ1n) is 6.43. The predicted molar refractivity (Wildman–Crippen MR) is 70.0 cm³/mol. The lowest BCUT2D eigenvalue weighted by atomic mass is 10.1. The lowest BCUT2D eigenvalue weighted by Crippen LogP contribution is -2.34. The lowest BCUT2D eigenvalue weighted by Gasteiger charge is -2.17. The molecule has 0 saturated heterocycles. The van der Waals surface area contributed by atoms with Gasteiger partial charge in [-0.1, -0.05) is 39.5 Å². The van der Waals surface area contributed by atoms with Crippen LogP contribution in [0.5, 0.6) is 0 Å². The molecular formula is C12H24N2O2S. The van der Waals surface area contributed by atoms with E-state index in [4.69, 9.17) is 5.26 Å². The minimum atomic E-state index is -3.24. The number of rotatable bonds is 10. The molecule has 1 N–H and O–H groups in total. The highest BCUT2D eigenvalue weighted by Gasteiger charge is 2.23. The highest BCUT2D eigenvalue weighted by molar-refractivity contribution is 7.90. The van der Waals surface area contributed by atoms with Crippen molar-refractivity contribution in [2.24, 2.45) is 0 Å². The summed E-state index contributed by atoms with van der Waals surface area (Å²) in [7, 11) is -3.24. The minimum absolute atomic E-state index is 0.229. The number of hydrogen-bond acceptors (Lipinski definition) is 3. The summed E-state index contributed by atoms with van der Waals surface area (Å²) in [6, 6.07) is 1.94. The molecule has 4 nitrogen and oxygen atoms in total. The van der Waals surface area contributed by atoms with Crippen molar-refractivity contribution in [1.29, 1.82) is 5.26 Å². The van der Waals surface area contributed by atoms with E-state index in [1.165, 1.54) is 0 Å². The fourth-order valence-corrected chi connectivity index (χ4v) is 3.41. The van der Waals surface area contributed by atoms with Gasteiger partial charge < -0.3 is 0 Å². The molecule has 0 rings (SSSR count). The maximum Gasteiger partial charge on any atom is 0.214 e.